The van der Waals surface area contributed by atoms with E-state index in [0.29, 0.717) is 5.75 Å². The molecule has 0 fully saturated rings. The van der Waals surface area contributed by atoms with Crippen LogP contribution in [-0.4, -0.2) is 17.0 Å². The molecule has 0 amide bonds. The molecule has 0 saturated carbocycles. The number of benzene rings is 2. The molecule has 0 bridgehead atoms. The molecule has 0 aliphatic carbocycles. The van der Waals surface area contributed by atoms with E-state index >= 15 is 0 Å². The van der Waals surface area contributed by atoms with Crippen LogP contribution in [-0.2, 0) is 0 Å². The van der Waals surface area contributed by atoms with Gasteiger partial charge >= 0.3 is 0 Å². The van der Waals surface area contributed by atoms with Crippen LogP contribution in [0.1, 0.15) is 19.4 Å². The van der Waals surface area contributed by atoms with Gasteiger partial charge in [0.15, 0.2) is 11.5 Å². The highest BCUT2D eigenvalue weighted by atomic mass is 32.2. The fourth-order valence-corrected chi connectivity index (χ4v) is 3.74. The highest BCUT2D eigenvalue weighted by Gasteiger charge is 2.22. The SMILES string of the molecule is COc1cc(/C=C/C2=CC(C)(C)Sc3ccccc3N2)ccc1O. The highest BCUT2D eigenvalue weighted by molar-refractivity contribution is 8.01. The Morgan fingerprint density at radius 2 is 1.92 bits per heavy atom. The second kappa shape index (κ2) is 6.65. The predicted molar refractivity (Wildman–Crippen MR) is 102 cm³/mol. The van der Waals surface area contributed by atoms with Gasteiger partial charge in [0.2, 0.25) is 0 Å². The summed E-state index contributed by atoms with van der Waals surface area (Å²) in [6.07, 6.45) is 6.29. The van der Waals surface area contributed by atoms with Crippen LogP contribution in [0.2, 0.25) is 0 Å². The quantitative estimate of drug-likeness (QED) is 0.797. The number of phenols is 1. The maximum atomic E-state index is 9.69. The lowest BCUT2D eigenvalue weighted by atomic mass is 10.1. The van der Waals surface area contributed by atoms with Crippen LogP contribution >= 0.6 is 11.8 Å². The third-order valence-electron chi connectivity index (χ3n) is 3.70. The molecule has 3 nitrogen and oxygen atoms in total. The summed E-state index contributed by atoms with van der Waals surface area (Å²) in [6.45, 7) is 4.41. The van der Waals surface area contributed by atoms with Gasteiger partial charge in [-0.25, -0.2) is 0 Å². The lowest BCUT2D eigenvalue weighted by Crippen LogP contribution is -2.10. The van der Waals surface area contributed by atoms with Crippen LogP contribution in [0.4, 0.5) is 5.69 Å². The van der Waals surface area contributed by atoms with Crippen molar-refractivity contribution >= 4 is 23.5 Å². The summed E-state index contributed by atoms with van der Waals surface area (Å²) in [6, 6.07) is 13.7. The molecular weight excluding hydrogens is 318 g/mol. The first-order valence-electron chi connectivity index (χ1n) is 7.80. The number of hydrogen-bond donors (Lipinski definition) is 2. The molecule has 124 valence electrons. The zero-order valence-corrected chi connectivity index (χ0v) is 14.9. The number of allylic oxidation sites excluding steroid dienone is 1. The topological polar surface area (TPSA) is 41.5 Å². The van der Waals surface area contributed by atoms with Crippen LogP contribution in [0, 0.1) is 0 Å². The molecular formula is C20H21NO2S. The molecule has 4 heteroatoms. The van der Waals surface area contributed by atoms with Crippen LogP contribution in [0.15, 0.2) is 65.2 Å². The van der Waals surface area contributed by atoms with Gasteiger partial charge in [0.25, 0.3) is 0 Å². The molecule has 0 unspecified atom stereocenters. The van der Waals surface area contributed by atoms with E-state index < -0.39 is 0 Å². The molecule has 0 aromatic heterocycles. The van der Waals surface area contributed by atoms with Crippen LogP contribution in [0.5, 0.6) is 11.5 Å². The zero-order chi connectivity index (χ0) is 17.2. The predicted octanol–water partition coefficient (Wildman–Crippen LogP) is 5.29. The summed E-state index contributed by atoms with van der Waals surface area (Å²) in [7, 11) is 1.55. The molecule has 1 aliphatic rings. The fourth-order valence-electron chi connectivity index (χ4n) is 2.61. The highest BCUT2D eigenvalue weighted by Crippen LogP contribution is 2.41. The Bertz CT molecular complexity index is 809. The first-order valence-corrected chi connectivity index (χ1v) is 8.61. The average molecular weight is 339 g/mol. The second-order valence-electron chi connectivity index (χ2n) is 6.19. The molecule has 2 aromatic rings. The summed E-state index contributed by atoms with van der Waals surface area (Å²) < 4.78 is 5.15. The summed E-state index contributed by atoms with van der Waals surface area (Å²) in [5, 5.41) is 13.2. The minimum Gasteiger partial charge on any atom is -0.504 e. The maximum absolute atomic E-state index is 9.69. The van der Waals surface area contributed by atoms with Crippen molar-refractivity contribution in [2.24, 2.45) is 0 Å². The molecule has 1 aliphatic heterocycles. The van der Waals surface area contributed by atoms with E-state index in [-0.39, 0.29) is 10.5 Å². The number of aromatic hydroxyl groups is 1. The zero-order valence-electron chi connectivity index (χ0n) is 14.0. The van der Waals surface area contributed by atoms with Gasteiger partial charge in [-0.2, -0.15) is 0 Å². The van der Waals surface area contributed by atoms with E-state index in [1.165, 1.54) is 4.90 Å². The summed E-state index contributed by atoms with van der Waals surface area (Å²) in [4.78, 5) is 1.24. The van der Waals surface area contributed by atoms with Crippen LogP contribution in [0.25, 0.3) is 6.08 Å². The van der Waals surface area contributed by atoms with Gasteiger partial charge in [0.1, 0.15) is 0 Å². The van der Waals surface area contributed by atoms with Crippen molar-refractivity contribution in [2.45, 2.75) is 23.5 Å². The van der Waals surface area contributed by atoms with Crippen LogP contribution < -0.4 is 10.1 Å². The lowest BCUT2D eigenvalue weighted by molar-refractivity contribution is 0.373. The minimum absolute atomic E-state index is 0.00801. The Balaban J connectivity index is 1.90. The van der Waals surface area contributed by atoms with Crippen molar-refractivity contribution in [2.75, 3.05) is 12.4 Å². The fraction of sp³-hybridized carbons (Fsp3) is 0.200. The van der Waals surface area contributed by atoms with Gasteiger partial charge in [0, 0.05) is 15.3 Å². The smallest absolute Gasteiger partial charge is 0.161 e. The number of anilines is 1. The largest absolute Gasteiger partial charge is 0.504 e. The Kier molecular flexibility index (Phi) is 4.58. The monoisotopic (exact) mass is 339 g/mol. The molecule has 2 N–H and O–H groups in total. The van der Waals surface area contributed by atoms with Crippen molar-refractivity contribution in [3.8, 4) is 11.5 Å². The van der Waals surface area contributed by atoms with E-state index in [1.807, 2.05) is 36.0 Å². The second-order valence-corrected chi connectivity index (χ2v) is 7.89. The van der Waals surface area contributed by atoms with Gasteiger partial charge in [-0.05, 0) is 55.8 Å². The number of phenolic OH excluding ortho intramolecular Hbond substituents is 1. The number of methoxy groups -OCH3 is 1. The molecule has 0 radical (unpaired) electrons. The van der Waals surface area contributed by atoms with E-state index in [9.17, 15) is 5.11 Å². The molecule has 24 heavy (non-hydrogen) atoms. The van der Waals surface area contributed by atoms with Crippen molar-refractivity contribution in [3.05, 3.63) is 65.9 Å². The van der Waals surface area contributed by atoms with Gasteiger partial charge < -0.3 is 15.2 Å². The number of hydrogen-bond acceptors (Lipinski definition) is 4. The Hall–Kier alpha value is -2.33. The normalized spacial score (nSPS) is 16.0. The Labute approximate surface area is 147 Å². The van der Waals surface area contributed by atoms with Crippen molar-refractivity contribution in [1.82, 2.24) is 0 Å². The summed E-state index contributed by atoms with van der Waals surface area (Å²) in [5.74, 6) is 0.620. The average Bonchev–Trinajstić information content (AvgIpc) is 2.68. The molecule has 0 saturated heterocycles. The molecule has 2 aromatic carbocycles. The van der Waals surface area contributed by atoms with Gasteiger partial charge in [0.05, 0.1) is 12.8 Å². The van der Waals surface area contributed by atoms with E-state index in [4.69, 9.17) is 4.74 Å². The van der Waals surface area contributed by atoms with Gasteiger partial charge in [-0.15, -0.1) is 11.8 Å². The third kappa shape index (κ3) is 3.77. The number of fused-ring (bicyclic) bond motifs is 1. The van der Waals surface area contributed by atoms with Crippen molar-refractivity contribution in [3.63, 3.8) is 0 Å². The van der Waals surface area contributed by atoms with Gasteiger partial charge in [-0.1, -0.05) is 24.3 Å². The molecule has 0 spiro atoms. The molecule has 1 heterocycles. The summed E-state index contributed by atoms with van der Waals surface area (Å²) >= 11 is 1.84. The molecule has 3 rings (SSSR count). The third-order valence-corrected chi connectivity index (χ3v) is 4.92. The first-order chi connectivity index (χ1) is 11.5. The van der Waals surface area contributed by atoms with E-state index in [1.54, 1.807) is 13.2 Å². The van der Waals surface area contributed by atoms with E-state index in [2.05, 4.69) is 49.5 Å². The number of nitrogens with one attached hydrogen (secondary N) is 1. The van der Waals surface area contributed by atoms with Crippen molar-refractivity contribution in [1.29, 1.82) is 0 Å². The lowest BCUT2D eigenvalue weighted by Gasteiger charge is -2.18. The first kappa shape index (κ1) is 16.5. The number of thioether (sulfide) groups is 1. The minimum atomic E-state index is -0.00801. The molecule has 0 atom stereocenters. The van der Waals surface area contributed by atoms with Gasteiger partial charge in [-0.3, -0.25) is 0 Å². The summed E-state index contributed by atoms with van der Waals surface area (Å²) in [5.41, 5.74) is 3.13. The Morgan fingerprint density at radius 1 is 1.12 bits per heavy atom. The van der Waals surface area contributed by atoms with Crippen LogP contribution in [0.3, 0.4) is 0 Å². The standard InChI is InChI=1S/C20H21NO2S/c1-20(2)13-15(21-16-6-4-5-7-19(16)24-20)10-8-14-9-11-17(22)18(12-14)23-3/h4-13,21-22H,1-3H3/b10-8+. The number of para-hydroxylation sites is 1. The van der Waals surface area contributed by atoms with E-state index in [0.717, 1.165) is 16.9 Å². The Morgan fingerprint density at radius 3 is 2.71 bits per heavy atom. The van der Waals surface area contributed by atoms with Crippen molar-refractivity contribution < 1.29 is 9.84 Å². The maximum Gasteiger partial charge on any atom is 0.161 e. The number of ether oxygens (including phenoxy) is 1. The number of rotatable bonds is 3.